The Bertz CT molecular complexity index is 779. The molecule has 8 nitrogen and oxygen atoms in total. The molecule has 2 rings (SSSR count). The Balaban J connectivity index is 0.00000420. The first-order valence-electron chi connectivity index (χ1n) is 9.43. The van der Waals surface area contributed by atoms with Gasteiger partial charge in [-0.05, 0) is 18.6 Å². The number of methoxy groups -OCH3 is 2. The summed E-state index contributed by atoms with van der Waals surface area (Å²) >= 11 is 0. The zero-order chi connectivity index (χ0) is 20.5. The molecule has 1 N–H and O–H groups in total. The van der Waals surface area contributed by atoms with Crippen LogP contribution in [0.3, 0.4) is 0 Å². The highest BCUT2D eigenvalue weighted by Gasteiger charge is 2.12. The lowest BCUT2D eigenvalue weighted by molar-refractivity contribution is 0.368. The minimum absolute atomic E-state index is 0. The summed E-state index contributed by atoms with van der Waals surface area (Å²) in [4.78, 5) is 10.8. The third-order valence-electron chi connectivity index (χ3n) is 4.33. The molecule has 9 heteroatoms. The molecule has 0 spiro atoms. The van der Waals surface area contributed by atoms with Crippen LogP contribution >= 0.6 is 24.0 Å². The molecular formula is C20H32IN5O3. The second-order valence-corrected chi connectivity index (χ2v) is 6.81. The molecule has 0 saturated heterocycles. The summed E-state index contributed by atoms with van der Waals surface area (Å²) in [5, 5.41) is 7.36. The van der Waals surface area contributed by atoms with Crippen LogP contribution in [-0.4, -0.2) is 55.9 Å². The Kier molecular flexibility index (Phi) is 10.8. The van der Waals surface area contributed by atoms with Crippen molar-refractivity contribution in [3.05, 3.63) is 35.5 Å². The van der Waals surface area contributed by atoms with E-state index in [0.29, 0.717) is 12.4 Å². The van der Waals surface area contributed by atoms with E-state index in [1.165, 1.54) is 0 Å². The molecule has 29 heavy (non-hydrogen) atoms. The summed E-state index contributed by atoms with van der Waals surface area (Å²) in [6, 6.07) is 5.82. The maximum Gasteiger partial charge on any atom is 0.226 e. The van der Waals surface area contributed by atoms with E-state index in [0.717, 1.165) is 48.2 Å². The summed E-state index contributed by atoms with van der Waals surface area (Å²) in [7, 11) is 7.07. The van der Waals surface area contributed by atoms with Crippen molar-refractivity contribution in [3.8, 4) is 11.5 Å². The van der Waals surface area contributed by atoms with Gasteiger partial charge in [0.1, 0.15) is 11.5 Å². The first-order valence-corrected chi connectivity index (χ1v) is 9.43. The van der Waals surface area contributed by atoms with E-state index in [2.05, 4.69) is 20.4 Å². The Labute approximate surface area is 190 Å². The van der Waals surface area contributed by atoms with Gasteiger partial charge in [-0.3, -0.25) is 4.99 Å². The molecule has 1 aromatic carbocycles. The molecule has 1 heterocycles. The van der Waals surface area contributed by atoms with Crippen LogP contribution in [0.1, 0.15) is 43.5 Å². The van der Waals surface area contributed by atoms with Gasteiger partial charge in [0.15, 0.2) is 11.8 Å². The number of nitrogens with zero attached hydrogens (tertiary/aromatic N) is 4. The van der Waals surface area contributed by atoms with Crippen LogP contribution in [0.15, 0.2) is 27.7 Å². The van der Waals surface area contributed by atoms with Crippen molar-refractivity contribution in [2.24, 2.45) is 4.99 Å². The van der Waals surface area contributed by atoms with E-state index >= 15 is 0 Å². The third kappa shape index (κ3) is 7.37. The second-order valence-electron chi connectivity index (χ2n) is 6.81. The zero-order valence-corrected chi connectivity index (χ0v) is 20.4. The van der Waals surface area contributed by atoms with Crippen LogP contribution in [-0.2, 0) is 13.0 Å². The minimum atomic E-state index is 0. The molecule has 0 aliphatic carbocycles. The quantitative estimate of drug-likeness (QED) is 0.236. The van der Waals surface area contributed by atoms with E-state index < -0.39 is 0 Å². The van der Waals surface area contributed by atoms with Crippen molar-refractivity contribution in [1.82, 2.24) is 20.4 Å². The van der Waals surface area contributed by atoms with Crippen molar-refractivity contribution in [1.29, 1.82) is 0 Å². The number of hydrogen-bond acceptors (Lipinski definition) is 6. The number of rotatable bonds is 9. The summed E-state index contributed by atoms with van der Waals surface area (Å²) < 4.78 is 16.0. The lowest BCUT2D eigenvalue weighted by atomic mass is 10.2. The van der Waals surface area contributed by atoms with Crippen LogP contribution in [0.2, 0.25) is 0 Å². The summed E-state index contributed by atoms with van der Waals surface area (Å²) in [5.41, 5.74) is 1.06. The third-order valence-corrected chi connectivity index (χ3v) is 4.33. The normalized spacial score (nSPS) is 11.2. The summed E-state index contributed by atoms with van der Waals surface area (Å²) in [6.07, 6.45) is 1.61. The van der Waals surface area contributed by atoms with Crippen LogP contribution < -0.4 is 14.8 Å². The highest BCUT2D eigenvalue weighted by molar-refractivity contribution is 14.0. The van der Waals surface area contributed by atoms with Gasteiger partial charge in [0.2, 0.25) is 5.89 Å². The lowest BCUT2D eigenvalue weighted by Crippen LogP contribution is -2.39. The molecule has 0 amide bonds. The van der Waals surface area contributed by atoms with E-state index in [1.807, 2.05) is 44.0 Å². The van der Waals surface area contributed by atoms with Crippen LogP contribution in [0, 0.1) is 0 Å². The number of nitrogens with one attached hydrogen (secondary N) is 1. The number of ether oxygens (including phenoxy) is 2. The van der Waals surface area contributed by atoms with Crippen LogP contribution in [0.4, 0.5) is 0 Å². The Morgan fingerprint density at radius 3 is 2.62 bits per heavy atom. The standard InChI is InChI=1S/C20H31N5O3.HI/c1-14(2)19-23-18(28-24-19)8-7-11-22-20(21-3)25(4)13-15-9-10-16(26-5)12-17(15)27-6;/h9-10,12,14H,7-8,11,13H2,1-6H3,(H,21,22);1H. The molecule has 0 radical (unpaired) electrons. The SMILES string of the molecule is CN=C(NCCCc1nc(C(C)C)no1)N(C)Cc1ccc(OC)cc1OC.I. The zero-order valence-electron chi connectivity index (χ0n) is 18.1. The lowest BCUT2D eigenvalue weighted by Gasteiger charge is -2.23. The minimum Gasteiger partial charge on any atom is -0.497 e. The highest BCUT2D eigenvalue weighted by atomic mass is 127. The average molecular weight is 517 g/mol. The van der Waals surface area contributed by atoms with Crippen molar-refractivity contribution < 1.29 is 14.0 Å². The van der Waals surface area contributed by atoms with Crippen molar-refractivity contribution >= 4 is 29.9 Å². The molecule has 162 valence electrons. The summed E-state index contributed by atoms with van der Waals surface area (Å²) in [6.45, 7) is 5.52. The monoisotopic (exact) mass is 517 g/mol. The highest BCUT2D eigenvalue weighted by Crippen LogP contribution is 2.25. The number of aliphatic imine (C=N–C) groups is 1. The van der Waals surface area contributed by atoms with Gasteiger partial charge in [-0.1, -0.05) is 19.0 Å². The molecule has 0 fully saturated rings. The largest absolute Gasteiger partial charge is 0.497 e. The van der Waals surface area contributed by atoms with Crippen LogP contribution in [0.25, 0.3) is 0 Å². The second kappa shape index (κ2) is 12.5. The van der Waals surface area contributed by atoms with E-state index in [4.69, 9.17) is 14.0 Å². The Morgan fingerprint density at radius 2 is 2.03 bits per heavy atom. The van der Waals surface area contributed by atoms with Gasteiger partial charge in [0, 0.05) is 51.2 Å². The van der Waals surface area contributed by atoms with Gasteiger partial charge in [0.25, 0.3) is 0 Å². The Morgan fingerprint density at radius 1 is 1.28 bits per heavy atom. The fraction of sp³-hybridized carbons (Fsp3) is 0.550. The number of halogens is 1. The number of aryl methyl sites for hydroxylation is 1. The number of guanidine groups is 1. The topological polar surface area (TPSA) is 85.0 Å². The van der Waals surface area contributed by atoms with E-state index in [9.17, 15) is 0 Å². The molecule has 0 saturated carbocycles. The average Bonchev–Trinajstić information content (AvgIpc) is 3.17. The number of aromatic nitrogens is 2. The molecule has 1 aromatic heterocycles. The first-order chi connectivity index (χ1) is 13.5. The van der Waals surface area contributed by atoms with Gasteiger partial charge >= 0.3 is 0 Å². The van der Waals surface area contributed by atoms with Crippen molar-refractivity contribution in [2.75, 3.05) is 34.9 Å². The predicted octanol–water partition coefficient (Wildman–Crippen LogP) is 3.47. The molecule has 0 bridgehead atoms. The number of benzene rings is 1. The number of hydrogen-bond donors (Lipinski definition) is 1. The van der Waals surface area contributed by atoms with Crippen molar-refractivity contribution in [3.63, 3.8) is 0 Å². The molecular weight excluding hydrogens is 485 g/mol. The molecule has 0 aliphatic rings. The van der Waals surface area contributed by atoms with Gasteiger partial charge in [-0.2, -0.15) is 4.98 Å². The maximum atomic E-state index is 5.48. The van der Waals surface area contributed by atoms with Crippen LogP contribution in [0.5, 0.6) is 11.5 Å². The molecule has 2 aromatic rings. The van der Waals surface area contributed by atoms with Gasteiger partial charge in [0.05, 0.1) is 14.2 Å². The Hall–Kier alpha value is -2.04. The molecule has 0 atom stereocenters. The smallest absolute Gasteiger partial charge is 0.226 e. The first kappa shape index (κ1) is 25.0. The maximum absolute atomic E-state index is 5.48. The predicted molar refractivity (Wildman–Crippen MR) is 124 cm³/mol. The fourth-order valence-electron chi connectivity index (χ4n) is 2.74. The van der Waals surface area contributed by atoms with Gasteiger partial charge in [-0.15, -0.1) is 24.0 Å². The van der Waals surface area contributed by atoms with E-state index in [1.54, 1.807) is 21.3 Å². The summed E-state index contributed by atoms with van der Waals surface area (Å²) in [5.74, 6) is 4.08. The molecule has 0 unspecified atom stereocenters. The van der Waals surface area contributed by atoms with Gasteiger partial charge < -0.3 is 24.2 Å². The van der Waals surface area contributed by atoms with E-state index in [-0.39, 0.29) is 29.9 Å². The fourth-order valence-corrected chi connectivity index (χ4v) is 2.74. The molecule has 0 aliphatic heterocycles. The van der Waals surface area contributed by atoms with Crippen molar-refractivity contribution in [2.45, 2.75) is 39.2 Å². The van der Waals surface area contributed by atoms with Gasteiger partial charge in [-0.25, -0.2) is 0 Å².